The van der Waals surface area contributed by atoms with Crippen LogP contribution in [-0.4, -0.2) is 16.9 Å². The average molecular weight is 200 g/mol. The van der Waals surface area contributed by atoms with Crippen LogP contribution < -0.4 is 11.1 Å². The molecule has 1 unspecified atom stereocenters. The lowest BCUT2D eigenvalue weighted by molar-refractivity contribution is -0.118. The number of hydrogen-bond donors (Lipinski definition) is 2. The third kappa shape index (κ3) is 2.91. The van der Waals surface area contributed by atoms with Gasteiger partial charge >= 0.3 is 0 Å². The number of carbonyl (C=O) groups excluding carboxylic acids is 1. The summed E-state index contributed by atoms with van der Waals surface area (Å²) < 4.78 is 0. The van der Waals surface area contributed by atoms with Crippen molar-refractivity contribution in [1.82, 2.24) is 4.98 Å². The number of halogens is 1. The van der Waals surface area contributed by atoms with E-state index in [1.165, 1.54) is 0 Å². The van der Waals surface area contributed by atoms with E-state index in [9.17, 15) is 4.79 Å². The maximum atomic E-state index is 10.7. The first-order valence-electron chi connectivity index (χ1n) is 3.77. The van der Waals surface area contributed by atoms with Gasteiger partial charge in [-0.15, -0.1) is 0 Å². The second-order valence-corrected chi connectivity index (χ2v) is 3.02. The van der Waals surface area contributed by atoms with Gasteiger partial charge in [-0.25, -0.2) is 4.98 Å². The predicted molar refractivity (Wildman–Crippen MR) is 51.5 cm³/mol. The summed E-state index contributed by atoms with van der Waals surface area (Å²) in [7, 11) is 0. The van der Waals surface area contributed by atoms with Gasteiger partial charge < -0.3 is 11.1 Å². The van der Waals surface area contributed by atoms with Crippen molar-refractivity contribution < 1.29 is 4.79 Å². The molecule has 70 valence electrons. The molecule has 1 atom stereocenters. The highest BCUT2D eigenvalue weighted by Gasteiger charge is 2.07. The number of aromatic nitrogens is 1. The zero-order valence-electron chi connectivity index (χ0n) is 7.12. The zero-order chi connectivity index (χ0) is 9.84. The standard InChI is InChI=1S/C8H10ClN3O/c1-5(8(10)13)12-6-2-3-11-7(9)4-6/h2-5H,1H3,(H2,10,13)(H,11,12). The molecular formula is C8H10ClN3O. The van der Waals surface area contributed by atoms with E-state index in [-0.39, 0.29) is 0 Å². The van der Waals surface area contributed by atoms with Crippen molar-refractivity contribution in [1.29, 1.82) is 0 Å². The molecule has 1 heterocycles. The van der Waals surface area contributed by atoms with Crippen molar-refractivity contribution in [2.24, 2.45) is 5.73 Å². The Morgan fingerprint density at radius 3 is 3.00 bits per heavy atom. The van der Waals surface area contributed by atoms with Crippen LogP contribution in [0.4, 0.5) is 5.69 Å². The highest BCUT2D eigenvalue weighted by atomic mass is 35.5. The van der Waals surface area contributed by atoms with Crippen LogP contribution in [0.2, 0.25) is 5.15 Å². The molecule has 0 fully saturated rings. The molecule has 1 amide bonds. The lowest BCUT2D eigenvalue weighted by Gasteiger charge is -2.10. The SMILES string of the molecule is CC(Nc1ccnc(Cl)c1)C(N)=O. The van der Waals surface area contributed by atoms with Gasteiger partial charge in [0.1, 0.15) is 11.2 Å². The lowest BCUT2D eigenvalue weighted by Crippen LogP contribution is -2.32. The van der Waals surface area contributed by atoms with Crippen LogP contribution in [0.25, 0.3) is 0 Å². The monoisotopic (exact) mass is 199 g/mol. The molecule has 13 heavy (non-hydrogen) atoms. The van der Waals surface area contributed by atoms with E-state index in [4.69, 9.17) is 17.3 Å². The summed E-state index contributed by atoms with van der Waals surface area (Å²) in [4.78, 5) is 14.5. The van der Waals surface area contributed by atoms with Crippen molar-refractivity contribution in [3.63, 3.8) is 0 Å². The second kappa shape index (κ2) is 4.09. The summed E-state index contributed by atoms with van der Waals surface area (Å²) in [6.07, 6.45) is 1.55. The molecule has 0 spiro atoms. The topological polar surface area (TPSA) is 68.0 Å². The van der Waals surface area contributed by atoms with Gasteiger partial charge in [-0.2, -0.15) is 0 Å². The third-order valence-corrected chi connectivity index (χ3v) is 1.74. The first-order valence-corrected chi connectivity index (χ1v) is 4.15. The maximum absolute atomic E-state index is 10.7. The molecule has 5 heteroatoms. The molecule has 0 aliphatic carbocycles. The van der Waals surface area contributed by atoms with Crippen LogP contribution >= 0.6 is 11.6 Å². The molecule has 0 aromatic carbocycles. The van der Waals surface area contributed by atoms with Crippen molar-refractivity contribution >= 4 is 23.2 Å². The first-order chi connectivity index (χ1) is 6.09. The molecule has 0 aliphatic heterocycles. The number of nitrogens with one attached hydrogen (secondary N) is 1. The summed E-state index contributed by atoms with van der Waals surface area (Å²) in [6, 6.07) is 2.92. The molecule has 0 aliphatic rings. The lowest BCUT2D eigenvalue weighted by atomic mass is 10.3. The van der Waals surface area contributed by atoms with E-state index < -0.39 is 11.9 Å². The summed E-state index contributed by atoms with van der Waals surface area (Å²) >= 11 is 5.64. The van der Waals surface area contributed by atoms with Crippen LogP contribution in [0.5, 0.6) is 0 Å². The van der Waals surface area contributed by atoms with Gasteiger partial charge in [-0.05, 0) is 19.1 Å². The summed E-state index contributed by atoms with van der Waals surface area (Å²) in [5.74, 6) is -0.409. The normalized spacial score (nSPS) is 12.2. The van der Waals surface area contributed by atoms with Crippen LogP contribution in [0.3, 0.4) is 0 Å². The highest BCUT2D eigenvalue weighted by molar-refractivity contribution is 6.29. The minimum Gasteiger partial charge on any atom is -0.374 e. The molecule has 3 N–H and O–H groups in total. The fraction of sp³-hybridized carbons (Fsp3) is 0.250. The number of anilines is 1. The maximum Gasteiger partial charge on any atom is 0.239 e. The Kier molecular flexibility index (Phi) is 3.08. The third-order valence-electron chi connectivity index (χ3n) is 1.54. The number of nitrogens with zero attached hydrogens (tertiary/aromatic N) is 1. The smallest absolute Gasteiger partial charge is 0.239 e. The Hall–Kier alpha value is -1.29. The van der Waals surface area contributed by atoms with Crippen molar-refractivity contribution in [2.75, 3.05) is 5.32 Å². The van der Waals surface area contributed by atoms with Crippen molar-refractivity contribution in [3.05, 3.63) is 23.5 Å². The molecule has 1 aromatic heterocycles. The van der Waals surface area contributed by atoms with E-state index in [0.717, 1.165) is 5.69 Å². The largest absolute Gasteiger partial charge is 0.374 e. The van der Waals surface area contributed by atoms with Gasteiger partial charge in [-0.1, -0.05) is 11.6 Å². The molecule has 0 saturated heterocycles. The highest BCUT2D eigenvalue weighted by Crippen LogP contribution is 2.12. The zero-order valence-corrected chi connectivity index (χ0v) is 7.88. The average Bonchev–Trinajstić information content (AvgIpc) is 2.04. The van der Waals surface area contributed by atoms with Crippen molar-refractivity contribution in [3.8, 4) is 0 Å². The van der Waals surface area contributed by atoms with Crippen LogP contribution in [0.1, 0.15) is 6.92 Å². The fourth-order valence-electron chi connectivity index (χ4n) is 0.813. The molecule has 4 nitrogen and oxygen atoms in total. The quantitative estimate of drug-likeness (QED) is 0.715. The number of nitrogens with two attached hydrogens (primary N) is 1. The van der Waals surface area contributed by atoms with Gasteiger partial charge in [0.05, 0.1) is 0 Å². The summed E-state index contributed by atoms with van der Waals surface area (Å²) in [6.45, 7) is 1.68. The van der Waals surface area contributed by atoms with Crippen LogP contribution in [0.15, 0.2) is 18.3 Å². The fourth-order valence-corrected chi connectivity index (χ4v) is 0.987. The number of primary amides is 1. The van der Waals surface area contributed by atoms with Gasteiger partial charge in [0, 0.05) is 11.9 Å². The predicted octanol–water partition coefficient (Wildman–Crippen LogP) is 1.02. The van der Waals surface area contributed by atoms with Gasteiger partial charge in [0.2, 0.25) is 5.91 Å². The number of amides is 1. The number of pyridine rings is 1. The minimum atomic E-state index is -0.418. The van der Waals surface area contributed by atoms with Gasteiger partial charge in [0.15, 0.2) is 0 Å². The summed E-state index contributed by atoms with van der Waals surface area (Å²) in [5, 5.41) is 3.26. The minimum absolute atomic E-state index is 0.377. The molecule has 1 rings (SSSR count). The second-order valence-electron chi connectivity index (χ2n) is 2.64. The molecular weight excluding hydrogens is 190 g/mol. The van der Waals surface area contributed by atoms with Crippen molar-refractivity contribution in [2.45, 2.75) is 13.0 Å². The Bertz CT molecular complexity index is 316. The Balaban J connectivity index is 2.69. The molecule has 0 radical (unpaired) electrons. The van der Waals surface area contributed by atoms with Crippen LogP contribution in [-0.2, 0) is 4.79 Å². The van der Waals surface area contributed by atoms with E-state index in [1.54, 1.807) is 25.3 Å². The van der Waals surface area contributed by atoms with Crippen LogP contribution in [0, 0.1) is 0 Å². The Labute approximate surface area is 81.1 Å². The molecule has 1 aromatic rings. The van der Waals surface area contributed by atoms with Gasteiger partial charge in [-0.3, -0.25) is 4.79 Å². The Morgan fingerprint density at radius 2 is 2.46 bits per heavy atom. The van der Waals surface area contributed by atoms with Gasteiger partial charge in [0.25, 0.3) is 0 Å². The number of rotatable bonds is 3. The van der Waals surface area contributed by atoms with E-state index >= 15 is 0 Å². The first kappa shape index (κ1) is 9.80. The Morgan fingerprint density at radius 1 is 1.77 bits per heavy atom. The molecule has 0 bridgehead atoms. The van der Waals surface area contributed by atoms with E-state index in [2.05, 4.69) is 10.3 Å². The number of carbonyl (C=O) groups is 1. The van der Waals surface area contributed by atoms with E-state index in [0.29, 0.717) is 5.15 Å². The number of hydrogen-bond acceptors (Lipinski definition) is 3. The van der Waals surface area contributed by atoms with E-state index in [1.807, 2.05) is 0 Å². The summed E-state index contributed by atoms with van der Waals surface area (Å²) in [5.41, 5.74) is 5.80. The molecule has 0 saturated carbocycles.